The second-order valence-electron chi connectivity index (χ2n) is 6.85. The van der Waals surface area contributed by atoms with Crippen molar-refractivity contribution in [1.82, 2.24) is 9.97 Å². The fraction of sp³-hybridized carbons (Fsp3) is 0.450. The number of hydrogen-bond acceptors (Lipinski definition) is 5. The number of nitrogens with zero attached hydrogens (tertiary/aromatic N) is 2. The summed E-state index contributed by atoms with van der Waals surface area (Å²) in [6.45, 7) is 1.86. The van der Waals surface area contributed by atoms with Gasteiger partial charge in [0.2, 0.25) is 5.95 Å². The van der Waals surface area contributed by atoms with E-state index in [1.54, 1.807) is 31.4 Å². The Morgan fingerprint density at radius 1 is 1.15 bits per heavy atom. The number of rotatable bonds is 5. The summed E-state index contributed by atoms with van der Waals surface area (Å²) in [5.74, 6) is 0.713. The van der Waals surface area contributed by atoms with Gasteiger partial charge in [0.25, 0.3) is 5.91 Å². The normalized spacial score (nSPS) is 15.1. The molecular formula is C20H25ClN4O2. The molecule has 3 rings (SSSR count). The Kier molecular flexibility index (Phi) is 6.50. The number of hydrogen-bond donors (Lipinski definition) is 2. The predicted octanol–water partition coefficient (Wildman–Crippen LogP) is 4.83. The van der Waals surface area contributed by atoms with Crippen molar-refractivity contribution in [3.05, 3.63) is 40.7 Å². The lowest BCUT2D eigenvalue weighted by Crippen LogP contribution is -2.22. The molecule has 1 heterocycles. The molecule has 0 radical (unpaired) electrons. The Hall–Kier alpha value is -2.34. The highest BCUT2D eigenvalue weighted by molar-refractivity contribution is 6.31. The van der Waals surface area contributed by atoms with E-state index in [-0.39, 0.29) is 5.91 Å². The Morgan fingerprint density at radius 2 is 1.89 bits per heavy atom. The molecule has 0 saturated heterocycles. The van der Waals surface area contributed by atoms with E-state index in [9.17, 15) is 4.79 Å². The van der Waals surface area contributed by atoms with Crippen LogP contribution in [0.15, 0.2) is 24.3 Å². The molecule has 1 aromatic carbocycles. The van der Waals surface area contributed by atoms with E-state index in [0.717, 1.165) is 18.5 Å². The summed E-state index contributed by atoms with van der Waals surface area (Å²) in [6.07, 6.45) is 7.21. The van der Waals surface area contributed by atoms with E-state index in [1.165, 1.54) is 25.7 Å². The van der Waals surface area contributed by atoms with Crippen LogP contribution >= 0.6 is 11.6 Å². The zero-order valence-electron chi connectivity index (χ0n) is 15.7. The van der Waals surface area contributed by atoms with Gasteiger partial charge in [0.1, 0.15) is 11.4 Å². The van der Waals surface area contributed by atoms with E-state index >= 15 is 0 Å². The van der Waals surface area contributed by atoms with Gasteiger partial charge in [0.15, 0.2) is 0 Å². The number of benzene rings is 1. The monoisotopic (exact) mass is 388 g/mol. The van der Waals surface area contributed by atoms with Crippen LogP contribution in [-0.4, -0.2) is 29.0 Å². The highest BCUT2D eigenvalue weighted by atomic mass is 35.5. The smallest absolute Gasteiger partial charge is 0.274 e. The second-order valence-corrected chi connectivity index (χ2v) is 7.29. The summed E-state index contributed by atoms with van der Waals surface area (Å²) in [7, 11) is 1.54. The molecule has 0 atom stereocenters. The summed E-state index contributed by atoms with van der Waals surface area (Å²) < 4.78 is 5.28. The van der Waals surface area contributed by atoms with Gasteiger partial charge in [-0.2, -0.15) is 0 Å². The maximum absolute atomic E-state index is 12.7. The molecule has 27 heavy (non-hydrogen) atoms. The number of carbonyl (C=O) groups is 1. The van der Waals surface area contributed by atoms with Gasteiger partial charge < -0.3 is 15.4 Å². The first-order chi connectivity index (χ1) is 13.0. The highest BCUT2D eigenvalue weighted by Crippen LogP contribution is 2.28. The summed E-state index contributed by atoms with van der Waals surface area (Å²) in [6, 6.07) is 7.10. The Morgan fingerprint density at radius 3 is 2.59 bits per heavy atom. The van der Waals surface area contributed by atoms with Crippen molar-refractivity contribution in [2.24, 2.45) is 0 Å². The SMILES string of the molecule is COc1ccc(Cl)cc1NC(=O)c1cc(C)nc(NC2CCCCCC2)n1. The number of nitrogens with one attached hydrogen (secondary N) is 2. The third-order valence-electron chi connectivity index (χ3n) is 4.68. The molecule has 1 aromatic heterocycles. The fourth-order valence-corrected chi connectivity index (χ4v) is 3.49. The summed E-state index contributed by atoms with van der Waals surface area (Å²) in [4.78, 5) is 21.6. The molecule has 1 aliphatic carbocycles. The van der Waals surface area contributed by atoms with Crippen LogP contribution in [0.4, 0.5) is 11.6 Å². The molecule has 1 aliphatic rings. The molecule has 2 N–H and O–H groups in total. The van der Waals surface area contributed by atoms with Gasteiger partial charge in [-0.1, -0.05) is 37.3 Å². The van der Waals surface area contributed by atoms with Crippen molar-refractivity contribution < 1.29 is 9.53 Å². The minimum absolute atomic E-state index is 0.306. The Bertz CT molecular complexity index is 805. The van der Waals surface area contributed by atoms with E-state index in [1.807, 2.05) is 6.92 Å². The molecule has 6 nitrogen and oxygen atoms in total. The van der Waals surface area contributed by atoms with Crippen LogP contribution in [0.2, 0.25) is 5.02 Å². The van der Waals surface area contributed by atoms with Crippen LogP contribution in [0.5, 0.6) is 5.75 Å². The average molecular weight is 389 g/mol. The highest BCUT2D eigenvalue weighted by Gasteiger charge is 2.17. The molecule has 2 aromatic rings. The maximum Gasteiger partial charge on any atom is 0.274 e. The van der Waals surface area contributed by atoms with E-state index < -0.39 is 0 Å². The van der Waals surface area contributed by atoms with Crippen LogP contribution in [0.1, 0.15) is 54.7 Å². The van der Waals surface area contributed by atoms with Crippen molar-refractivity contribution >= 4 is 29.1 Å². The standard InChI is InChI=1S/C20H25ClN4O2/c1-13-11-17(19(26)24-16-12-14(21)9-10-18(16)27-2)25-20(22-13)23-15-7-5-3-4-6-8-15/h9-12,15H,3-8H2,1-2H3,(H,24,26)(H,22,23,25). The van der Waals surface area contributed by atoms with Crippen LogP contribution < -0.4 is 15.4 Å². The molecule has 1 saturated carbocycles. The zero-order chi connectivity index (χ0) is 19.2. The quantitative estimate of drug-likeness (QED) is 0.717. The van der Waals surface area contributed by atoms with Crippen LogP contribution in [-0.2, 0) is 0 Å². The minimum atomic E-state index is -0.329. The van der Waals surface area contributed by atoms with Gasteiger partial charge in [-0.25, -0.2) is 9.97 Å². The molecule has 0 aliphatic heterocycles. The molecule has 1 fully saturated rings. The first-order valence-corrected chi connectivity index (χ1v) is 9.70. The van der Waals surface area contributed by atoms with Crippen LogP contribution in [0.3, 0.4) is 0 Å². The number of anilines is 2. The zero-order valence-corrected chi connectivity index (χ0v) is 16.5. The molecule has 1 amide bonds. The lowest BCUT2D eigenvalue weighted by molar-refractivity contribution is 0.102. The molecular weight excluding hydrogens is 364 g/mol. The number of methoxy groups -OCH3 is 1. The largest absolute Gasteiger partial charge is 0.495 e. The predicted molar refractivity (Wildman–Crippen MR) is 108 cm³/mol. The number of aryl methyl sites for hydroxylation is 1. The number of ether oxygens (including phenoxy) is 1. The number of carbonyl (C=O) groups excluding carboxylic acids is 1. The summed E-state index contributed by atoms with van der Waals surface area (Å²) in [5, 5.41) is 6.74. The third kappa shape index (κ3) is 5.32. The van der Waals surface area contributed by atoms with Crippen molar-refractivity contribution in [3.8, 4) is 5.75 Å². The molecule has 0 unspecified atom stereocenters. The number of amides is 1. The average Bonchev–Trinajstić information content (AvgIpc) is 2.90. The Balaban J connectivity index is 1.77. The van der Waals surface area contributed by atoms with Gasteiger partial charge >= 0.3 is 0 Å². The van der Waals surface area contributed by atoms with E-state index in [2.05, 4.69) is 20.6 Å². The lowest BCUT2D eigenvalue weighted by Gasteiger charge is -2.17. The van der Waals surface area contributed by atoms with Crippen molar-refractivity contribution in [1.29, 1.82) is 0 Å². The maximum atomic E-state index is 12.7. The Labute approximate surface area is 164 Å². The number of halogens is 1. The topological polar surface area (TPSA) is 76.1 Å². The van der Waals surface area contributed by atoms with Gasteiger partial charge in [-0.05, 0) is 44.0 Å². The molecule has 0 bridgehead atoms. The molecule has 144 valence electrons. The van der Waals surface area contributed by atoms with Crippen LogP contribution in [0.25, 0.3) is 0 Å². The van der Waals surface area contributed by atoms with Crippen molar-refractivity contribution in [2.45, 2.75) is 51.5 Å². The minimum Gasteiger partial charge on any atom is -0.495 e. The lowest BCUT2D eigenvalue weighted by atomic mass is 10.1. The van der Waals surface area contributed by atoms with Gasteiger partial charge in [-0.15, -0.1) is 0 Å². The molecule has 0 spiro atoms. The first kappa shape index (κ1) is 19.4. The second kappa shape index (κ2) is 9.04. The third-order valence-corrected chi connectivity index (χ3v) is 4.92. The summed E-state index contributed by atoms with van der Waals surface area (Å²) in [5.41, 5.74) is 1.55. The van der Waals surface area contributed by atoms with Crippen LogP contribution in [0, 0.1) is 6.92 Å². The van der Waals surface area contributed by atoms with E-state index in [0.29, 0.717) is 34.1 Å². The first-order valence-electron chi connectivity index (χ1n) is 9.32. The van der Waals surface area contributed by atoms with Gasteiger partial charge in [-0.3, -0.25) is 4.79 Å². The van der Waals surface area contributed by atoms with Crippen molar-refractivity contribution in [3.63, 3.8) is 0 Å². The fourth-order valence-electron chi connectivity index (χ4n) is 3.32. The van der Waals surface area contributed by atoms with Gasteiger partial charge in [0.05, 0.1) is 12.8 Å². The number of aromatic nitrogens is 2. The molecule has 7 heteroatoms. The van der Waals surface area contributed by atoms with Gasteiger partial charge in [0, 0.05) is 16.8 Å². The van der Waals surface area contributed by atoms with E-state index in [4.69, 9.17) is 16.3 Å². The summed E-state index contributed by atoms with van der Waals surface area (Å²) >= 11 is 6.03. The van der Waals surface area contributed by atoms with Crippen molar-refractivity contribution in [2.75, 3.05) is 17.7 Å².